The fourth-order valence-electron chi connectivity index (χ4n) is 6.42. The van der Waals surface area contributed by atoms with Crippen LogP contribution in [0.4, 0.5) is 5.69 Å². The Hall–Kier alpha value is -2.96. The number of pyridine rings is 1. The number of halogens is 1. The summed E-state index contributed by atoms with van der Waals surface area (Å²) in [7, 11) is 5.20. The second-order valence-corrected chi connectivity index (χ2v) is 13.3. The van der Waals surface area contributed by atoms with Gasteiger partial charge in [0.2, 0.25) is 5.91 Å². The van der Waals surface area contributed by atoms with Crippen LogP contribution in [-0.2, 0) is 11.8 Å². The van der Waals surface area contributed by atoms with E-state index in [9.17, 15) is 9.59 Å². The molecule has 0 spiro atoms. The first-order chi connectivity index (χ1) is 20.8. The average molecular weight is 712 g/mol. The second kappa shape index (κ2) is 13.0. The highest BCUT2D eigenvalue weighted by Crippen LogP contribution is 2.34. The summed E-state index contributed by atoms with van der Waals surface area (Å²) >= 11 is 2.21. The van der Waals surface area contributed by atoms with Gasteiger partial charge in [0.15, 0.2) is 0 Å². The molecule has 10 heteroatoms. The summed E-state index contributed by atoms with van der Waals surface area (Å²) in [6.07, 6.45) is 6.13. The molecular formula is C33H38IN5O3S. The van der Waals surface area contributed by atoms with Crippen molar-refractivity contribution < 1.29 is 9.53 Å². The lowest BCUT2D eigenvalue weighted by Gasteiger charge is -2.37. The van der Waals surface area contributed by atoms with Crippen LogP contribution < -0.4 is 15.2 Å². The van der Waals surface area contributed by atoms with E-state index in [1.807, 2.05) is 43.5 Å². The Labute approximate surface area is 269 Å². The number of hydrogen-bond donors (Lipinski definition) is 0. The maximum atomic E-state index is 12.8. The zero-order valence-electron chi connectivity index (χ0n) is 24.9. The number of piperazine rings is 1. The standard InChI is InChI=1S/C33H38IN5O3S/c1-23-32(40)35(2)18-19-37(23)20-21-42-28-10-6-24(7-11-28)25-12-15-38(16-13-25)27-8-4-26(5-9-27)30-22-36(3)33(41)31-29(30)14-17-39(31)43-34/h4-11,14,17,22-23,25H,12-13,15-16,18-21H2,1-3H3. The fourth-order valence-corrected chi connectivity index (χ4v) is 7.76. The molecule has 6 rings (SSSR count). The van der Waals surface area contributed by atoms with Gasteiger partial charge in [-0.05, 0) is 67.1 Å². The highest BCUT2D eigenvalue weighted by molar-refractivity contribution is 14.2. The molecule has 0 saturated carbocycles. The monoisotopic (exact) mass is 711 g/mol. The molecule has 4 heterocycles. The molecule has 43 heavy (non-hydrogen) atoms. The van der Waals surface area contributed by atoms with E-state index in [1.54, 1.807) is 9.47 Å². The molecule has 2 aliphatic heterocycles. The van der Waals surface area contributed by atoms with Gasteiger partial charge in [0.25, 0.3) is 5.56 Å². The normalized spacial score (nSPS) is 18.5. The van der Waals surface area contributed by atoms with Crippen LogP contribution in [0.15, 0.2) is 71.8 Å². The fraction of sp³-hybridized carbons (Fsp3) is 0.394. The van der Waals surface area contributed by atoms with Gasteiger partial charge in [0, 0.05) is 106 Å². The average Bonchev–Trinajstić information content (AvgIpc) is 3.48. The molecule has 1 amide bonds. The first kappa shape index (κ1) is 30.1. The molecule has 2 aromatic carbocycles. The summed E-state index contributed by atoms with van der Waals surface area (Å²) in [5.74, 6) is 1.61. The number of rotatable bonds is 8. The van der Waals surface area contributed by atoms with Crippen LogP contribution in [0, 0.1) is 0 Å². The van der Waals surface area contributed by atoms with Crippen LogP contribution in [0.1, 0.15) is 31.2 Å². The van der Waals surface area contributed by atoms with Gasteiger partial charge < -0.3 is 19.1 Å². The summed E-state index contributed by atoms with van der Waals surface area (Å²) < 4.78 is 9.64. The molecule has 0 aliphatic carbocycles. The first-order valence-electron chi connectivity index (χ1n) is 14.9. The molecule has 0 bridgehead atoms. The van der Waals surface area contributed by atoms with Crippen LogP contribution in [0.2, 0.25) is 0 Å². The number of benzene rings is 2. The largest absolute Gasteiger partial charge is 0.492 e. The van der Waals surface area contributed by atoms with Crippen molar-refractivity contribution in [1.29, 1.82) is 0 Å². The van der Waals surface area contributed by atoms with Gasteiger partial charge in [-0.15, -0.1) is 0 Å². The van der Waals surface area contributed by atoms with E-state index in [1.165, 1.54) is 20.4 Å². The van der Waals surface area contributed by atoms with Crippen molar-refractivity contribution in [2.24, 2.45) is 7.05 Å². The van der Waals surface area contributed by atoms with Gasteiger partial charge in [-0.1, -0.05) is 24.3 Å². The minimum atomic E-state index is -0.0851. The minimum absolute atomic E-state index is 0.0178. The Morgan fingerprint density at radius 1 is 0.930 bits per heavy atom. The van der Waals surface area contributed by atoms with E-state index < -0.39 is 0 Å². The zero-order chi connectivity index (χ0) is 30.1. The van der Waals surface area contributed by atoms with Gasteiger partial charge >= 0.3 is 0 Å². The number of aromatic nitrogens is 2. The number of aryl methyl sites for hydroxylation is 1. The number of fused-ring (bicyclic) bond motifs is 1. The Balaban J connectivity index is 1.03. The van der Waals surface area contributed by atoms with E-state index in [-0.39, 0.29) is 17.5 Å². The number of likely N-dealkylation sites (N-methyl/N-ethyl adjacent to an activating group) is 1. The van der Waals surface area contributed by atoms with Crippen LogP contribution in [0.3, 0.4) is 0 Å². The summed E-state index contributed by atoms with van der Waals surface area (Å²) in [6.45, 7) is 7.01. The van der Waals surface area contributed by atoms with Crippen LogP contribution in [0.5, 0.6) is 5.75 Å². The van der Waals surface area contributed by atoms with Crippen molar-refractivity contribution in [3.05, 3.63) is 82.9 Å². The van der Waals surface area contributed by atoms with Gasteiger partial charge in [-0.2, -0.15) is 0 Å². The lowest BCUT2D eigenvalue weighted by atomic mass is 9.89. The summed E-state index contributed by atoms with van der Waals surface area (Å²) in [5, 5.41) is 0.985. The second-order valence-electron chi connectivity index (χ2n) is 11.6. The number of amides is 1. The van der Waals surface area contributed by atoms with E-state index in [4.69, 9.17) is 4.74 Å². The molecule has 0 N–H and O–H groups in total. The first-order valence-corrected chi connectivity index (χ1v) is 18.2. The molecule has 2 saturated heterocycles. The van der Waals surface area contributed by atoms with Gasteiger partial charge in [-0.3, -0.25) is 18.5 Å². The number of ether oxygens (including phenoxy) is 1. The maximum absolute atomic E-state index is 12.8. The number of carbonyl (C=O) groups is 1. The summed E-state index contributed by atoms with van der Waals surface area (Å²) in [6, 6.07) is 19.3. The Kier molecular flexibility index (Phi) is 9.06. The molecular weight excluding hydrogens is 673 g/mol. The van der Waals surface area contributed by atoms with Crippen LogP contribution in [0.25, 0.3) is 22.0 Å². The highest BCUT2D eigenvalue weighted by atomic mass is 127. The smallest absolute Gasteiger partial charge is 0.275 e. The van der Waals surface area contributed by atoms with Crippen molar-refractivity contribution in [1.82, 2.24) is 18.3 Å². The summed E-state index contributed by atoms with van der Waals surface area (Å²) in [5.41, 5.74) is 5.54. The number of piperidine rings is 1. The lowest BCUT2D eigenvalue weighted by molar-refractivity contribution is -0.139. The molecule has 8 nitrogen and oxygen atoms in total. The zero-order valence-corrected chi connectivity index (χ0v) is 27.9. The molecule has 2 aromatic heterocycles. The number of anilines is 1. The van der Waals surface area contributed by atoms with Gasteiger partial charge in [0.1, 0.15) is 17.9 Å². The molecule has 2 aliphatic rings. The Morgan fingerprint density at radius 2 is 1.65 bits per heavy atom. The minimum Gasteiger partial charge on any atom is -0.492 e. The van der Waals surface area contributed by atoms with Gasteiger partial charge in [0.05, 0.1) is 6.04 Å². The van der Waals surface area contributed by atoms with E-state index in [0.29, 0.717) is 12.5 Å². The number of hydrogen-bond acceptors (Lipinski definition) is 6. The van der Waals surface area contributed by atoms with Crippen molar-refractivity contribution in [3.63, 3.8) is 0 Å². The lowest BCUT2D eigenvalue weighted by Crippen LogP contribution is -2.55. The van der Waals surface area contributed by atoms with Crippen molar-refractivity contribution >= 4 is 52.8 Å². The quantitative estimate of drug-likeness (QED) is 0.216. The molecule has 1 unspecified atom stereocenters. The summed E-state index contributed by atoms with van der Waals surface area (Å²) in [4.78, 5) is 31.5. The predicted molar refractivity (Wildman–Crippen MR) is 184 cm³/mol. The highest BCUT2D eigenvalue weighted by Gasteiger charge is 2.29. The van der Waals surface area contributed by atoms with Gasteiger partial charge in [-0.25, -0.2) is 0 Å². The van der Waals surface area contributed by atoms with E-state index >= 15 is 0 Å². The molecule has 4 aromatic rings. The Bertz CT molecular complexity index is 1640. The SMILES string of the molecule is CC1C(=O)N(C)CCN1CCOc1ccc(C2CCN(c3ccc(-c4cn(C)c(=O)c5c4ccn5SI)cc3)CC2)cc1. The van der Waals surface area contributed by atoms with Crippen molar-refractivity contribution in [2.45, 2.75) is 31.7 Å². The number of nitrogens with zero attached hydrogens (tertiary/aromatic N) is 5. The third-order valence-electron chi connectivity index (χ3n) is 9.10. The molecule has 1 atom stereocenters. The van der Waals surface area contributed by atoms with Crippen LogP contribution >= 0.6 is 30.3 Å². The third kappa shape index (κ3) is 6.19. The topological polar surface area (TPSA) is 63.0 Å². The number of carbonyl (C=O) groups excluding carboxylic acids is 1. The van der Waals surface area contributed by atoms with Crippen LogP contribution in [-0.4, -0.2) is 76.7 Å². The van der Waals surface area contributed by atoms with Crippen molar-refractivity contribution in [3.8, 4) is 16.9 Å². The predicted octanol–water partition coefficient (Wildman–Crippen LogP) is 5.78. The molecule has 226 valence electrons. The molecule has 0 radical (unpaired) electrons. The molecule has 2 fully saturated rings. The third-order valence-corrected chi connectivity index (χ3v) is 10.8. The Morgan fingerprint density at radius 3 is 2.35 bits per heavy atom. The maximum Gasteiger partial charge on any atom is 0.275 e. The van der Waals surface area contributed by atoms with E-state index in [2.05, 4.69) is 79.5 Å². The van der Waals surface area contributed by atoms with E-state index in [0.717, 1.165) is 73.3 Å². The van der Waals surface area contributed by atoms with Crippen molar-refractivity contribution in [2.75, 3.05) is 51.3 Å².